The normalized spacial score (nSPS) is 13.3. The number of aryl methyl sites for hydroxylation is 1. The molecule has 38 heavy (non-hydrogen) atoms. The van der Waals surface area contributed by atoms with Crippen LogP contribution in [0.3, 0.4) is 0 Å². The van der Waals surface area contributed by atoms with Gasteiger partial charge in [-0.2, -0.15) is 0 Å². The van der Waals surface area contributed by atoms with Crippen molar-refractivity contribution in [2.45, 2.75) is 31.1 Å². The van der Waals surface area contributed by atoms with Crippen LogP contribution in [-0.4, -0.2) is 73.2 Å². The third-order valence-corrected chi connectivity index (χ3v) is 8.62. The standard InChI is InChI=1S/C27H33N3O7S/c1-27(26(33)28-34,38(4,35)36)13-15-30-14-11-22-17-21(9-10-23(22)25(30)32)20-7-5-19(6-8-20)12-16-37-24(31)18-29(2)3/h5-11,14,17,34H,12-13,15-16,18H2,1-4H3,(H,28,33)/t27-/m1/s1. The zero-order valence-electron chi connectivity index (χ0n) is 21.9. The fourth-order valence-corrected chi connectivity index (χ4v) is 4.86. The Kier molecular flexibility index (Phi) is 9.08. The van der Waals surface area contributed by atoms with E-state index in [4.69, 9.17) is 9.94 Å². The van der Waals surface area contributed by atoms with Gasteiger partial charge in [0.25, 0.3) is 11.5 Å². The average molecular weight is 544 g/mol. The molecule has 1 aromatic heterocycles. The largest absolute Gasteiger partial charge is 0.464 e. The van der Waals surface area contributed by atoms with Gasteiger partial charge in [-0.15, -0.1) is 0 Å². The number of benzene rings is 2. The van der Waals surface area contributed by atoms with E-state index in [1.54, 1.807) is 37.3 Å². The van der Waals surface area contributed by atoms with Crippen molar-refractivity contribution in [1.82, 2.24) is 14.9 Å². The molecular formula is C27H33N3O7S. The van der Waals surface area contributed by atoms with E-state index in [-0.39, 0.29) is 31.0 Å². The minimum Gasteiger partial charge on any atom is -0.464 e. The quantitative estimate of drug-likeness (QED) is 0.213. The zero-order chi connectivity index (χ0) is 28.1. The molecule has 10 nitrogen and oxygen atoms in total. The second kappa shape index (κ2) is 11.9. The molecule has 1 heterocycles. The minimum atomic E-state index is -3.87. The maximum atomic E-state index is 13.1. The highest BCUT2D eigenvalue weighted by Gasteiger charge is 2.43. The molecule has 0 spiro atoms. The lowest BCUT2D eigenvalue weighted by Crippen LogP contribution is -2.49. The van der Waals surface area contributed by atoms with Crippen LogP contribution in [-0.2, 0) is 37.1 Å². The smallest absolute Gasteiger partial charge is 0.320 e. The number of likely N-dealkylation sites (N-methyl/N-ethyl adjacent to an activating group) is 1. The third kappa shape index (κ3) is 6.66. The Labute approximate surface area is 221 Å². The molecule has 11 heteroatoms. The molecule has 0 aliphatic rings. The summed E-state index contributed by atoms with van der Waals surface area (Å²) in [6.07, 6.45) is 2.90. The molecule has 204 valence electrons. The van der Waals surface area contributed by atoms with Crippen molar-refractivity contribution in [3.05, 3.63) is 70.6 Å². The molecule has 0 radical (unpaired) electrons. The number of hydrogen-bond donors (Lipinski definition) is 2. The van der Waals surface area contributed by atoms with Gasteiger partial charge >= 0.3 is 5.97 Å². The van der Waals surface area contributed by atoms with Crippen molar-refractivity contribution >= 4 is 32.5 Å². The lowest BCUT2D eigenvalue weighted by atomic mass is 10.0. The van der Waals surface area contributed by atoms with Crippen LogP contribution in [0.15, 0.2) is 59.5 Å². The predicted octanol–water partition coefficient (Wildman–Crippen LogP) is 2.01. The van der Waals surface area contributed by atoms with Gasteiger partial charge in [-0.3, -0.25) is 24.5 Å². The average Bonchev–Trinajstić information content (AvgIpc) is 2.86. The second-order valence-corrected chi connectivity index (χ2v) is 12.2. The number of rotatable bonds is 11. The molecular weight excluding hydrogens is 510 g/mol. The van der Waals surface area contributed by atoms with Gasteiger partial charge in [-0.25, -0.2) is 13.9 Å². The van der Waals surface area contributed by atoms with Crippen molar-refractivity contribution in [2.75, 3.05) is 33.5 Å². The first-order chi connectivity index (χ1) is 17.9. The summed E-state index contributed by atoms with van der Waals surface area (Å²) in [5.41, 5.74) is 4.01. The van der Waals surface area contributed by atoms with E-state index in [0.29, 0.717) is 18.4 Å². The predicted molar refractivity (Wildman–Crippen MR) is 145 cm³/mol. The molecule has 0 saturated heterocycles. The van der Waals surface area contributed by atoms with E-state index in [1.807, 2.05) is 36.4 Å². The SMILES string of the molecule is CN(C)CC(=O)OCCc1ccc(-c2ccc3c(=O)n(CC[C@](C)(C(=O)NO)S(C)(=O)=O)ccc3c2)cc1. The number of fused-ring (bicyclic) bond motifs is 1. The number of sulfone groups is 1. The number of ether oxygens (including phenoxy) is 1. The Morgan fingerprint density at radius 1 is 1.08 bits per heavy atom. The molecule has 1 amide bonds. The van der Waals surface area contributed by atoms with E-state index in [9.17, 15) is 22.8 Å². The Bertz CT molecular complexity index is 1480. The number of aromatic nitrogens is 1. The highest BCUT2D eigenvalue weighted by Crippen LogP contribution is 2.25. The number of hydrogen-bond acceptors (Lipinski definition) is 8. The lowest BCUT2D eigenvalue weighted by Gasteiger charge is -2.25. The van der Waals surface area contributed by atoms with Crippen LogP contribution in [0.2, 0.25) is 0 Å². The van der Waals surface area contributed by atoms with Gasteiger partial charge < -0.3 is 9.30 Å². The van der Waals surface area contributed by atoms with E-state index in [2.05, 4.69) is 0 Å². The van der Waals surface area contributed by atoms with Gasteiger partial charge in [0, 0.05) is 30.8 Å². The number of pyridine rings is 1. The maximum Gasteiger partial charge on any atom is 0.320 e. The number of carbonyl (C=O) groups excluding carboxylic acids is 2. The molecule has 1 atom stereocenters. The number of nitrogens with one attached hydrogen (secondary N) is 1. The van der Waals surface area contributed by atoms with Crippen LogP contribution >= 0.6 is 0 Å². The summed E-state index contributed by atoms with van der Waals surface area (Å²) in [5.74, 6) is -1.31. The van der Waals surface area contributed by atoms with Crippen LogP contribution in [0.1, 0.15) is 18.9 Å². The monoisotopic (exact) mass is 543 g/mol. The van der Waals surface area contributed by atoms with E-state index in [0.717, 1.165) is 28.3 Å². The molecule has 0 fully saturated rings. The van der Waals surface area contributed by atoms with Crippen molar-refractivity contribution in [1.29, 1.82) is 0 Å². The fourth-order valence-electron chi connectivity index (χ4n) is 4.01. The summed E-state index contributed by atoms with van der Waals surface area (Å²) in [6.45, 7) is 1.74. The first-order valence-electron chi connectivity index (χ1n) is 12.0. The zero-order valence-corrected chi connectivity index (χ0v) is 22.7. The van der Waals surface area contributed by atoms with Crippen molar-refractivity contribution in [3.63, 3.8) is 0 Å². The van der Waals surface area contributed by atoms with E-state index >= 15 is 0 Å². The summed E-state index contributed by atoms with van der Waals surface area (Å²) in [6, 6.07) is 15.1. The van der Waals surface area contributed by atoms with Crippen LogP contribution < -0.4 is 11.0 Å². The molecule has 0 aliphatic heterocycles. The van der Waals surface area contributed by atoms with Gasteiger partial charge in [0.2, 0.25) is 0 Å². The molecule has 2 N–H and O–H groups in total. The van der Waals surface area contributed by atoms with Gasteiger partial charge in [-0.1, -0.05) is 30.3 Å². The maximum absolute atomic E-state index is 13.1. The molecule has 2 aromatic carbocycles. The van der Waals surface area contributed by atoms with Gasteiger partial charge in [0.05, 0.1) is 13.2 Å². The van der Waals surface area contributed by atoms with Gasteiger partial charge in [0.15, 0.2) is 14.6 Å². The molecule has 0 aliphatic carbocycles. The van der Waals surface area contributed by atoms with Crippen LogP contribution in [0.25, 0.3) is 21.9 Å². The number of hydroxylamine groups is 1. The second-order valence-electron chi connectivity index (χ2n) is 9.72. The number of carbonyl (C=O) groups is 2. The summed E-state index contributed by atoms with van der Waals surface area (Å²) in [7, 11) is -0.253. The van der Waals surface area contributed by atoms with Crippen molar-refractivity contribution < 1.29 is 28.0 Å². The molecule has 3 rings (SSSR count). The molecule has 3 aromatic rings. The molecule has 0 bridgehead atoms. The van der Waals surface area contributed by atoms with Crippen LogP contribution in [0, 0.1) is 0 Å². The first-order valence-corrected chi connectivity index (χ1v) is 13.9. The summed E-state index contributed by atoms with van der Waals surface area (Å²) in [5, 5.41) is 10.2. The molecule has 0 unspecified atom stereocenters. The van der Waals surface area contributed by atoms with Gasteiger partial charge in [-0.05, 0) is 67.7 Å². The van der Waals surface area contributed by atoms with Crippen molar-refractivity contribution in [2.24, 2.45) is 0 Å². The third-order valence-electron chi connectivity index (χ3n) is 6.59. The van der Waals surface area contributed by atoms with Crippen LogP contribution in [0.5, 0.6) is 0 Å². The number of amides is 1. The summed E-state index contributed by atoms with van der Waals surface area (Å²) in [4.78, 5) is 38.5. The number of esters is 1. The number of nitrogens with zero attached hydrogens (tertiary/aromatic N) is 2. The topological polar surface area (TPSA) is 135 Å². The molecule has 0 saturated carbocycles. The minimum absolute atomic E-state index is 0.0283. The Morgan fingerprint density at radius 3 is 2.34 bits per heavy atom. The summed E-state index contributed by atoms with van der Waals surface area (Å²) >= 11 is 0. The fraction of sp³-hybridized carbons (Fsp3) is 0.370. The van der Waals surface area contributed by atoms with E-state index < -0.39 is 20.5 Å². The first kappa shape index (κ1) is 29.0. The Balaban J connectivity index is 1.74. The Hall–Kier alpha value is -3.54. The lowest BCUT2D eigenvalue weighted by molar-refractivity contribution is -0.144. The summed E-state index contributed by atoms with van der Waals surface area (Å²) < 4.78 is 29.1. The van der Waals surface area contributed by atoms with Crippen LogP contribution in [0.4, 0.5) is 0 Å². The van der Waals surface area contributed by atoms with Gasteiger partial charge in [0.1, 0.15) is 0 Å². The Morgan fingerprint density at radius 2 is 1.74 bits per heavy atom. The highest BCUT2D eigenvalue weighted by molar-refractivity contribution is 7.92. The van der Waals surface area contributed by atoms with E-state index in [1.165, 1.54) is 17.0 Å². The highest BCUT2D eigenvalue weighted by atomic mass is 32.2. The van der Waals surface area contributed by atoms with Crippen molar-refractivity contribution in [3.8, 4) is 11.1 Å².